The Bertz CT molecular complexity index is 3330. The number of rotatable bonds is 5. The first-order chi connectivity index (χ1) is 30.1. The summed E-state index contributed by atoms with van der Waals surface area (Å²) in [5.41, 5.74) is 3.81. The smallest absolute Gasteiger partial charge is 0.309 e. The molecule has 2 nitrogen and oxygen atoms in total. The summed E-state index contributed by atoms with van der Waals surface area (Å²) in [6, 6.07) is 37.9. The highest BCUT2D eigenvalue weighted by molar-refractivity contribution is 6.12. The number of benzene rings is 8. The van der Waals surface area contributed by atoms with Gasteiger partial charge in [0.05, 0.1) is 39.0 Å². The molecule has 0 aliphatic heterocycles. The molecule has 0 aliphatic carbocycles. The van der Waals surface area contributed by atoms with Gasteiger partial charge in [0, 0.05) is 21.5 Å². The number of fused-ring (bicyclic) bond motifs is 6. The van der Waals surface area contributed by atoms with Crippen molar-refractivity contribution < 1.29 is 35.1 Å². The quantitative estimate of drug-likeness (QED) is 0.0927. The molecule has 63 heavy (non-hydrogen) atoms. The largest absolute Gasteiger partial charge is 0.420 e. The van der Waals surface area contributed by atoms with E-state index in [1.54, 1.807) is 60.7 Å². The highest BCUT2D eigenvalue weighted by Crippen LogP contribution is 2.48. The van der Waals surface area contributed by atoms with Crippen LogP contribution in [-0.2, 0) is 6.18 Å². The van der Waals surface area contributed by atoms with Gasteiger partial charge in [0.15, 0.2) is 23.3 Å². The van der Waals surface area contributed by atoms with E-state index >= 15 is 30.7 Å². The molecule has 0 saturated heterocycles. The zero-order valence-electron chi connectivity index (χ0n) is 34.1. The molecule has 0 unspecified atom stereocenters. The van der Waals surface area contributed by atoms with Gasteiger partial charge in [0.1, 0.15) is 5.56 Å². The number of hydrogen-bond acceptors (Lipinski definition) is 0. The summed E-state index contributed by atoms with van der Waals surface area (Å²) in [5.74, 6) is -11.2. The van der Waals surface area contributed by atoms with E-state index in [0.29, 0.717) is 54.7 Å². The average molecular weight is 851 g/mol. The van der Waals surface area contributed by atoms with Gasteiger partial charge in [-0.05, 0) is 103 Å². The first-order valence-corrected chi connectivity index (χ1v) is 20.1. The first kappa shape index (κ1) is 39.9. The Morgan fingerprint density at radius 1 is 0.381 bits per heavy atom. The number of aromatic nitrogens is 2. The topological polar surface area (TPSA) is 9.86 Å². The summed E-state index contributed by atoms with van der Waals surface area (Å²) in [6.45, 7) is 7.77. The Kier molecular flexibility index (Phi) is 9.15. The van der Waals surface area contributed by atoms with Gasteiger partial charge in [0.2, 0.25) is 5.82 Å². The number of halogens is 8. The molecule has 0 fully saturated rings. The molecule has 10 aromatic rings. The third kappa shape index (κ3) is 6.21. The summed E-state index contributed by atoms with van der Waals surface area (Å²) >= 11 is 0. The molecule has 10 heteroatoms. The first-order valence-electron chi connectivity index (χ1n) is 20.1. The number of para-hydroxylation sites is 2. The fourth-order valence-corrected chi connectivity index (χ4v) is 9.33. The number of aryl methyl sites for hydroxylation is 4. The van der Waals surface area contributed by atoms with Crippen molar-refractivity contribution >= 4 is 43.6 Å². The number of alkyl halides is 3. The van der Waals surface area contributed by atoms with Crippen molar-refractivity contribution in [3.63, 3.8) is 0 Å². The maximum Gasteiger partial charge on any atom is 0.420 e. The van der Waals surface area contributed by atoms with Crippen molar-refractivity contribution in [1.82, 2.24) is 9.13 Å². The van der Waals surface area contributed by atoms with Crippen LogP contribution >= 0.6 is 0 Å². The third-order valence-corrected chi connectivity index (χ3v) is 12.1. The second-order valence-electron chi connectivity index (χ2n) is 16.1. The third-order valence-electron chi connectivity index (χ3n) is 12.1. The molecule has 0 saturated carbocycles. The maximum atomic E-state index is 16.5. The lowest BCUT2D eigenvalue weighted by molar-refractivity contribution is -0.137. The zero-order valence-corrected chi connectivity index (χ0v) is 34.1. The standard InChI is InChI=1S/C53H34F8N2/c1-27-13-17-34(29(3)21-27)31-15-19-38-36-9-5-7-11-40(36)62(42(38)23-31)44-25-33(46-48(54)50(56)52(58)51(57)49(46)55)26-45(47(44)53(59,60)61)63-41-12-8-6-10-37(41)39-20-16-32(24-43(39)63)35-18-14-28(2)22-30(35)4/h5-26H,1-4H3. The molecule has 10 rings (SSSR count). The molecular formula is C53H34F8N2. The summed E-state index contributed by atoms with van der Waals surface area (Å²) < 4.78 is 129. The number of hydrogen-bond donors (Lipinski definition) is 0. The van der Waals surface area contributed by atoms with Gasteiger partial charge in [-0.1, -0.05) is 108 Å². The van der Waals surface area contributed by atoms with Crippen molar-refractivity contribution in [2.75, 3.05) is 0 Å². The minimum atomic E-state index is -5.16. The molecular weight excluding hydrogens is 817 g/mol. The summed E-state index contributed by atoms with van der Waals surface area (Å²) in [5, 5.41) is 2.30. The molecule has 0 bridgehead atoms. The predicted octanol–water partition coefficient (Wildman–Crippen LogP) is 15.8. The fraction of sp³-hybridized carbons (Fsp3) is 0.0943. The molecule has 312 valence electrons. The minimum Gasteiger partial charge on any atom is -0.309 e. The second-order valence-corrected chi connectivity index (χ2v) is 16.1. The van der Waals surface area contributed by atoms with E-state index in [1.807, 2.05) is 88.4 Å². The van der Waals surface area contributed by atoms with Crippen molar-refractivity contribution in [1.29, 1.82) is 0 Å². The van der Waals surface area contributed by atoms with Crippen LogP contribution < -0.4 is 0 Å². The number of nitrogens with zero attached hydrogens (tertiary/aromatic N) is 2. The average Bonchev–Trinajstić information content (AvgIpc) is 3.76. The van der Waals surface area contributed by atoms with E-state index < -0.39 is 63.3 Å². The van der Waals surface area contributed by atoms with Crippen LogP contribution in [0.5, 0.6) is 0 Å². The maximum absolute atomic E-state index is 16.5. The molecule has 0 N–H and O–H groups in total. The second kappa shape index (κ2) is 14.4. The van der Waals surface area contributed by atoms with Crippen LogP contribution in [0.4, 0.5) is 35.1 Å². The van der Waals surface area contributed by atoms with Crippen molar-refractivity contribution in [2.45, 2.75) is 33.9 Å². The molecule has 0 amide bonds. The molecule has 2 aromatic heterocycles. The predicted molar refractivity (Wildman–Crippen MR) is 235 cm³/mol. The lowest BCUT2D eigenvalue weighted by Gasteiger charge is -2.23. The van der Waals surface area contributed by atoms with Gasteiger partial charge in [-0.25, -0.2) is 22.0 Å². The molecule has 8 aromatic carbocycles. The Labute approximate surface area is 355 Å². The van der Waals surface area contributed by atoms with Crippen LogP contribution in [0.25, 0.3) is 88.4 Å². The summed E-state index contributed by atoms with van der Waals surface area (Å²) in [7, 11) is 0. The van der Waals surface area contributed by atoms with Crippen LogP contribution in [0.1, 0.15) is 27.8 Å². The molecule has 2 heterocycles. The van der Waals surface area contributed by atoms with Crippen molar-refractivity contribution in [3.8, 4) is 44.8 Å². The molecule has 0 atom stereocenters. The van der Waals surface area contributed by atoms with Gasteiger partial charge in [0.25, 0.3) is 0 Å². The normalized spacial score (nSPS) is 12.1. The summed E-state index contributed by atoms with van der Waals surface area (Å²) in [4.78, 5) is 0. The molecule has 0 aliphatic rings. The van der Waals surface area contributed by atoms with Crippen LogP contribution in [0.3, 0.4) is 0 Å². The lowest BCUT2D eigenvalue weighted by Crippen LogP contribution is -2.16. The highest BCUT2D eigenvalue weighted by atomic mass is 19.4. The van der Waals surface area contributed by atoms with Crippen molar-refractivity contribution in [3.05, 3.63) is 190 Å². The van der Waals surface area contributed by atoms with Crippen LogP contribution in [0.15, 0.2) is 133 Å². The monoisotopic (exact) mass is 850 g/mol. The minimum absolute atomic E-state index is 0.315. The van der Waals surface area contributed by atoms with E-state index in [-0.39, 0.29) is 0 Å². The Hall–Kier alpha value is -7.20. The van der Waals surface area contributed by atoms with E-state index in [2.05, 4.69) is 0 Å². The highest BCUT2D eigenvalue weighted by Gasteiger charge is 2.40. The van der Waals surface area contributed by atoms with E-state index in [1.165, 1.54) is 9.13 Å². The molecule has 0 spiro atoms. The van der Waals surface area contributed by atoms with Gasteiger partial charge in [-0.15, -0.1) is 0 Å². The van der Waals surface area contributed by atoms with Crippen LogP contribution in [0, 0.1) is 56.8 Å². The zero-order chi connectivity index (χ0) is 44.2. The fourth-order valence-electron chi connectivity index (χ4n) is 9.33. The Morgan fingerprint density at radius 3 is 1.19 bits per heavy atom. The van der Waals surface area contributed by atoms with E-state index in [9.17, 15) is 4.39 Å². The van der Waals surface area contributed by atoms with Gasteiger partial charge < -0.3 is 9.13 Å². The van der Waals surface area contributed by atoms with E-state index in [4.69, 9.17) is 0 Å². The van der Waals surface area contributed by atoms with Gasteiger partial charge in [-0.3, -0.25) is 0 Å². The van der Waals surface area contributed by atoms with Crippen LogP contribution in [0.2, 0.25) is 0 Å². The van der Waals surface area contributed by atoms with Crippen molar-refractivity contribution in [2.24, 2.45) is 0 Å². The Morgan fingerprint density at radius 2 is 0.778 bits per heavy atom. The summed E-state index contributed by atoms with van der Waals surface area (Å²) in [6.07, 6.45) is -5.16. The van der Waals surface area contributed by atoms with E-state index in [0.717, 1.165) is 45.5 Å². The Balaban J connectivity index is 1.40. The van der Waals surface area contributed by atoms with Crippen LogP contribution in [-0.4, -0.2) is 9.13 Å². The lowest BCUT2D eigenvalue weighted by atomic mass is 9.96. The van der Waals surface area contributed by atoms with Gasteiger partial charge >= 0.3 is 6.18 Å². The van der Waals surface area contributed by atoms with Gasteiger partial charge in [-0.2, -0.15) is 13.2 Å². The SMILES string of the molecule is Cc1ccc(-c2ccc3c4ccccc4n(-c4cc(-c5c(F)c(F)c(F)c(F)c5F)cc(-n5c6ccccc6c6ccc(-c7ccc(C)cc7C)cc65)c4C(F)(F)F)c3c2)c(C)c1. The molecule has 0 radical (unpaired) electrons.